The van der Waals surface area contributed by atoms with Gasteiger partial charge in [-0.1, -0.05) is 36.9 Å². The molecule has 0 radical (unpaired) electrons. The SMILES string of the molecule is C=CC(=O)c1ccc2c(c1S(=O)(=O)O)Cc1ccccc1-2. The molecule has 0 bridgehead atoms. The molecule has 0 fully saturated rings. The van der Waals surface area contributed by atoms with E-state index in [-0.39, 0.29) is 10.5 Å². The minimum atomic E-state index is -4.50. The van der Waals surface area contributed by atoms with Gasteiger partial charge in [-0.3, -0.25) is 9.35 Å². The van der Waals surface area contributed by atoms with E-state index in [4.69, 9.17) is 0 Å². The summed E-state index contributed by atoms with van der Waals surface area (Å²) in [6.45, 7) is 3.37. The highest BCUT2D eigenvalue weighted by Crippen LogP contribution is 2.40. The van der Waals surface area contributed by atoms with Gasteiger partial charge >= 0.3 is 0 Å². The molecule has 0 atom stereocenters. The Labute approximate surface area is 122 Å². The molecule has 0 unspecified atom stereocenters. The maximum Gasteiger partial charge on any atom is 0.295 e. The van der Waals surface area contributed by atoms with Gasteiger partial charge < -0.3 is 0 Å². The van der Waals surface area contributed by atoms with Crippen molar-refractivity contribution in [3.8, 4) is 11.1 Å². The van der Waals surface area contributed by atoms with E-state index in [1.807, 2.05) is 24.3 Å². The molecule has 0 aliphatic heterocycles. The van der Waals surface area contributed by atoms with Gasteiger partial charge in [-0.15, -0.1) is 0 Å². The molecule has 106 valence electrons. The van der Waals surface area contributed by atoms with Gasteiger partial charge in [0.25, 0.3) is 10.1 Å². The van der Waals surface area contributed by atoms with Gasteiger partial charge in [0.2, 0.25) is 0 Å². The summed E-state index contributed by atoms with van der Waals surface area (Å²) in [7, 11) is -4.50. The highest BCUT2D eigenvalue weighted by Gasteiger charge is 2.30. The van der Waals surface area contributed by atoms with Crippen LogP contribution in [-0.4, -0.2) is 18.8 Å². The maximum atomic E-state index is 11.9. The Bertz CT molecular complexity index is 879. The Morgan fingerprint density at radius 3 is 2.52 bits per heavy atom. The molecule has 4 nitrogen and oxygen atoms in total. The Hall–Kier alpha value is -2.24. The van der Waals surface area contributed by atoms with Gasteiger partial charge in [0.1, 0.15) is 4.90 Å². The second kappa shape index (κ2) is 4.65. The summed E-state index contributed by atoms with van der Waals surface area (Å²) in [5.41, 5.74) is 3.06. The molecule has 0 heterocycles. The number of carbonyl (C=O) groups is 1. The zero-order chi connectivity index (χ0) is 15.2. The second-order valence-electron chi connectivity index (χ2n) is 4.85. The van der Waals surface area contributed by atoms with Crippen molar-refractivity contribution < 1.29 is 17.8 Å². The molecule has 5 heteroatoms. The summed E-state index contributed by atoms with van der Waals surface area (Å²) in [6, 6.07) is 10.7. The van der Waals surface area contributed by atoms with Crippen molar-refractivity contribution in [2.24, 2.45) is 0 Å². The maximum absolute atomic E-state index is 11.9. The number of ketones is 1. The molecule has 2 aromatic carbocycles. The third-order valence-corrected chi connectivity index (χ3v) is 4.63. The third-order valence-electron chi connectivity index (χ3n) is 3.64. The Balaban J connectivity index is 2.36. The van der Waals surface area contributed by atoms with Crippen molar-refractivity contribution >= 4 is 15.9 Å². The van der Waals surface area contributed by atoms with Crippen LogP contribution in [0, 0.1) is 0 Å². The smallest absolute Gasteiger partial charge is 0.289 e. The molecular formula is C16H12O4S. The first-order valence-electron chi connectivity index (χ1n) is 6.32. The van der Waals surface area contributed by atoms with Gasteiger partial charge in [0.05, 0.1) is 0 Å². The molecule has 0 saturated carbocycles. The van der Waals surface area contributed by atoms with Crippen molar-refractivity contribution in [1.82, 2.24) is 0 Å². The number of rotatable bonds is 3. The molecule has 1 aliphatic rings. The standard InChI is InChI=1S/C16H12O4S/c1-2-15(17)13-8-7-12-11-6-4-3-5-10(11)9-14(12)16(13)21(18,19)20/h2-8H,1,9H2,(H,18,19,20). The molecule has 1 aliphatic carbocycles. The van der Waals surface area contributed by atoms with Crippen molar-refractivity contribution in [1.29, 1.82) is 0 Å². The van der Waals surface area contributed by atoms with Gasteiger partial charge in [-0.2, -0.15) is 8.42 Å². The molecule has 0 saturated heterocycles. The van der Waals surface area contributed by atoms with E-state index in [2.05, 4.69) is 6.58 Å². The number of carbonyl (C=O) groups excluding carboxylic acids is 1. The number of fused-ring (bicyclic) bond motifs is 3. The first-order chi connectivity index (χ1) is 9.93. The van der Waals surface area contributed by atoms with Crippen LogP contribution in [0.4, 0.5) is 0 Å². The molecule has 0 amide bonds. The molecule has 0 aromatic heterocycles. The highest BCUT2D eigenvalue weighted by molar-refractivity contribution is 7.86. The fourth-order valence-corrected chi connectivity index (χ4v) is 3.72. The second-order valence-corrected chi connectivity index (χ2v) is 6.20. The van der Waals surface area contributed by atoms with Crippen LogP contribution in [0.5, 0.6) is 0 Å². The minimum Gasteiger partial charge on any atom is -0.289 e. The Morgan fingerprint density at radius 2 is 1.86 bits per heavy atom. The van der Waals surface area contributed by atoms with Crippen LogP contribution < -0.4 is 0 Å². The van der Waals surface area contributed by atoms with Crippen LogP contribution in [0.15, 0.2) is 53.9 Å². The number of allylic oxidation sites excluding steroid dienone is 1. The predicted octanol–water partition coefficient (Wildman–Crippen LogP) is 2.87. The van der Waals surface area contributed by atoms with E-state index in [1.54, 1.807) is 6.07 Å². The van der Waals surface area contributed by atoms with E-state index in [0.717, 1.165) is 22.8 Å². The lowest BCUT2D eigenvalue weighted by atomic mass is 10.0. The summed E-state index contributed by atoms with van der Waals surface area (Å²) >= 11 is 0. The largest absolute Gasteiger partial charge is 0.295 e. The number of hydrogen-bond donors (Lipinski definition) is 1. The molecule has 0 spiro atoms. The van der Waals surface area contributed by atoms with E-state index in [1.165, 1.54) is 6.07 Å². The van der Waals surface area contributed by atoms with Crippen LogP contribution in [-0.2, 0) is 16.5 Å². The van der Waals surface area contributed by atoms with E-state index in [9.17, 15) is 17.8 Å². The predicted molar refractivity (Wildman–Crippen MR) is 79.0 cm³/mol. The summed E-state index contributed by atoms with van der Waals surface area (Å²) in [6.07, 6.45) is 1.41. The fraction of sp³-hybridized carbons (Fsp3) is 0.0625. The zero-order valence-electron chi connectivity index (χ0n) is 11.0. The van der Waals surface area contributed by atoms with Crippen molar-refractivity contribution in [3.05, 3.63) is 65.7 Å². The Kier molecular flexibility index (Phi) is 3.04. The Morgan fingerprint density at radius 1 is 1.14 bits per heavy atom. The number of hydrogen-bond acceptors (Lipinski definition) is 3. The van der Waals surface area contributed by atoms with Gasteiger partial charge in [-0.25, -0.2) is 0 Å². The van der Waals surface area contributed by atoms with Crippen molar-refractivity contribution in [2.45, 2.75) is 11.3 Å². The van der Waals surface area contributed by atoms with E-state index >= 15 is 0 Å². The monoisotopic (exact) mass is 300 g/mol. The normalized spacial score (nSPS) is 12.6. The van der Waals surface area contributed by atoms with Crippen LogP contribution >= 0.6 is 0 Å². The molecule has 2 aromatic rings. The quantitative estimate of drug-likeness (QED) is 0.458. The molecule has 1 N–H and O–H groups in total. The van der Waals surface area contributed by atoms with Crippen LogP contribution in [0.3, 0.4) is 0 Å². The summed E-state index contributed by atoms with van der Waals surface area (Å²) in [4.78, 5) is 11.6. The van der Waals surface area contributed by atoms with Crippen LogP contribution in [0.2, 0.25) is 0 Å². The van der Waals surface area contributed by atoms with E-state index < -0.39 is 15.9 Å². The van der Waals surface area contributed by atoms with Gasteiger partial charge in [-0.05, 0) is 34.4 Å². The van der Waals surface area contributed by atoms with Crippen LogP contribution in [0.25, 0.3) is 11.1 Å². The average molecular weight is 300 g/mol. The lowest BCUT2D eigenvalue weighted by molar-refractivity contribution is 0.104. The van der Waals surface area contributed by atoms with Crippen molar-refractivity contribution in [3.63, 3.8) is 0 Å². The van der Waals surface area contributed by atoms with Crippen molar-refractivity contribution in [2.75, 3.05) is 0 Å². The molecular weight excluding hydrogens is 288 g/mol. The highest BCUT2D eigenvalue weighted by atomic mass is 32.2. The fourth-order valence-electron chi connectivity index (χ4n) is 2.78. The zero-order valence-corrected chi connectivity index (χ0v) is 11.9. The summed E-state index contributed by atoms with van der Waals surface area (Å²) < 4.78 is 33.1. The average Bonchev–Trinajstić information content (AvgIpc) is 2.82. The lowest BCUT2D eigenvalue weighted by Gasteiger charge is -2.10. The molecule has 3 rings (SSSR count). The third kappa shape index (κ3) is 2.11. The van der Waals surface area contributed by atoms with Gasteiger partial charge in [0, 0.05) is 12.0 Å². The first-order valence-corrected chi connectivity index (χ1v) is 7.76. The first kappa shape index (κ1) is 13.7. The van der Waals surface area contributed by atoms with Crippen LogP contribution in [0.1, 0.15) is 21.5 Å². The number of benzene rings is 2. The summed E-state index contributed by atoms with van der Waals surface area (Å²) in [5, 5.41) is 0. The topological polar surface area (TPSA) is 71.4 Å². The lowest BCUT2D eigenvalue weighted by Crippen LogP contribution is -2.10. The molecule has 21 heavy (non-hydrogen) atoms. The van der Waals surface area contributed by atoms with Gasteiger partial charge in [0.15, 0.2) is 5.78 Å². The summed E-state index contributed by atoms with van der Waals surface area (Å²) in [5.74, 6) is -0.526. The minimum absolute atomic E-state index is 0.0425. The van der Waals surface area contributed by atoms with E-state index in [0.29, 0.717) is 12.0 Å².